The highest BCUT2D eigenvalue weighted by molar-refractivity contribution is 9.10. The molecule has 43 heavy (non-hydrogen) atoms. The van der Waals surface area contributed by atoms with E-state index in [0.717, 1.165) is 19.9 Å². The van der Waals surface area contributed by atoms with Crippen molar-refractivity contribution in [1.82, 2.24) is 0 Å². The first-order valence-corrected chi connectivity index (χ1v) is 12.1. The van der Waals surface area contributed by atoms with E-state index in [2.05, 4.69) is 15.9 Å². The van der Waals surface area contributed by atoms with Gasteiger partial charge in [0.2, 0.25) is 0 Å². The van der Waals surface area contributed by atoms with Crippen LogP contribution in [0.1, 0.15) is 29.2 Å². The SMILES string of the molecule is CCc1cc(C)cc(C(F)(C(F)(F)F)C(F)(F)C(F)(F)F)c1-c1c(Cl)cc(C(F)(C(F)(F)F)C(F)(F)C(F)(F)F)cc1Br. The van der Waals surface area contributed by atoms with Gasteiger partial charge in [0.05, 0.1) is 0 Å². The first kappa shape index (κ1) is 37.1. The minimum Gasteiger partial charge on any atom is -0.221 e. The Labute approximate surface area is 242 Å². The van der Waals surface area contributed by atoms with Crippen LogP contribution in [0.25, 0.3) is 11.1 Å². The van der Waals surface area contributed by atoms with Crippen LogP contribution < -0.4 is 0 Å². The molecule has 20 heteroatoms. The molecule has 0 aliphatic carbocycles. The molecule has 0 saturated heterocycles. The zero-order chi connectivity index (χ0) is 34.2. The van der Waals surface area contributed by atoms with Gasteiger partial charge in [-0.3, -0.25) is 0 Å². The molecule has 2 atom stereocenters. The van der Waals surface area contributed by atoms with Gasteiger partial charge in [0.15, 0.2) is 0 Å². The number of hydrogen-bond donors (Lipinski definition) is 0. The zero-order valence-corrected chi connectivity index (χ0v) is 22.9. The minimum atomic E-state index is -7.26. The summed E-state index contributed by atoms with van der Waals surface area (Å²) in [4.78, 5) is 0. The maximum absolute atomic E-state index is 15.6. The van der Waals surface area contributed by atoms with Crippen molar-refractivity contribution in [3.63, 3.8) is 0 Å². The van der Waals surface area contributed by atoms with E-state index in [4.69, 9.17) is 11.6 Å². The molecule has 0 aliphatic rings. The summed E-state index contributed by atoms with van der Waals surface area (Å²) in [6.07, 6.45) is -29.2. The summed E-state index contributed by atoms with van der Waals surface area (Å²) in [5.74, 6) is -14.5. The fourth-order valence-electron chi connectivity index (χ4n) is 4.13. The van der Waals surface area contributed by atoms with E-state index < -0.39 is 109 Å². The fourth-order valence-corrected chi connectivity index (χ4v) is 5.22. The number of rotatable bonds is 6. The van der Waals surface area contributed by atoms with Gasteiger partial charge in [-0.1, -0.05) is 52.2 Å². The molecule has 0 bridgehead atoms. The highest BCUT2D eigenvalue weighted by atomic mass is 79.9. The molecule has 0 amide bonds. The Hall–Kier alpha value is -2.05. The van der Waals surface area contributed by atoms with Crippen molar-refractivity contribution in [2.75, 3.05) is 0 Å². The first-order valence-electron chi connectivity index (χ1n) is 10.9. The molecule has 0 spiro atoms. The maximum atomic E-state index is 15.6. The lowest BCUT2D eigenvalue weighted by molar-refractivity contribution is -0.389. The van der Waals surface area contributed by atoms with Crippen molar-refractivity contribution in [2.24, 2.45) is 0 Å². The predicted octanol–water partition coefficient (Wildman–Crippen LogP) is 11.5. The number of aryl methyl sites for hydroxylation is 2. The largest absolute Gasteiger partial charge is 0.457 e. The molecule has 0 saturated carbocycles. The van der Waals surface area contributed by atoms with E-state index in [1.54, 1.807) is 0 Å². The van der Waals surface area contributed by atoms with Crippen molar-refractivity contribution < 1.29 is 79.0 Å². The Morgan fingerprint density at radius 2 is 1.00 bits per heavy atom. The van der Waals surface area contributed by atoms with Gasteiger partial charge in [-0.15, -0.1) is 0 Å². The van der Waals surface area contributed by atoms with Crippen LogP contribution in [-0.4, -0.2) is 36.6 Å². The maximum Gasteiger partial charge on any atom is 0.457 e. The molecule has 2 unspecified atom stereocenters. The van der Waals surface area contributed by atoms with Gasteiger partial charge >= 0.3 is 47.9 Å². The monoisotopic (exact) mass is 744 g/mol. The summed E-state index contributed by atoms with van der Waals surface area (Å²) < 4.78 is 246. The van der Waals surface area contributed by atoms with Crippen LogP contribution >= 0.6 is 27.5 Å². The Bertz CT molecular complexity index is 1350. The summed E-state index contributed by atoms with van der Waals surface area (Å²) >= 11 is 7.97. The quantitative estimate of drug-likeness (QED) is 0.258. The Balaban J connectivity index is 3.20. The van der Waals surface area contributed by atoms with Gasteiger partial charge in [0.1, 0.15) is 0 Å². The lowest BCUT2D eigenvalue weighted by Crippen LogP contribution is -2.60. The van der Waals surface area contributed by atoms with Crippen molar-refractivity contribution in [2.45, 2.75) is 68.2 Å². The van der Waals surface area contributed by atoms with E-state index in [-0.39, 0.29) is 6.07 Å². The van der Waals surface area contributed by atoms with Crippen LogP contribution in [0.2, 0.25) is 5.02 Å². The normalized spacial score (nSPS) is 17.1. The molecular formula is C23H12BrClF18. The molecule has 2 aromatic carbocycles. The Kier molecular flexibility index (Phi) is 9.32. The molecule has 0 aromatic heterocycles. The standard InChI is InChI=1S/C23H12BrClF18/c1-3-9-4-8(2)5-11(17(27,21(35,36)37)19(30,31)23(41,42)43)14(9)15-12(24)6-10(7-13(15)25)16(26,20(32,33)34)18(28,29)22(38,39)40/h4-7H,3H2,1-2H3. The van der Waals surface area contributed by atoms with E-state index in [1.807, 2.05) is 0 Å². The molecule has 2 aromatic rings. The van der Waals surface area contributed by atoms with Crippen molar-refractivity contribution in [3.05, 3.63) is 56.0 Å². The lowest BCUT2D eigenvalue weighted by atomic mass is 9.79. The highest BCUT2D eigenvalue weighted by Crippen LogP contribution is 2.62. The molecule has 2 rings (SSSR count). The summed E-state index contributed by atoms with van der Waals surface area (Å²) in [7, 11) is 0. The molecule has 0 fully saturated rings. The molecular weight excluding hydrogens is 734 g/mol. The second-order valence-corrected chi connectivity index (χ2v) is 10.2. The van der Waals surface area contributed by atoms with E-state index in [1.165, 1.54) is 0 Å². The Morgan fingerprint density at radius 3 is 1.35 bits per heavy atom. The number of alkyl halides is 18. The summed E-state index contributed by atoms with van der Waals surface area (Å²) in [6, 6.07) is -0.420. The smallest absolute Gasteiger partial charge is 0.221 e. The summed E-state index contributed by atoms with van der Waals surface area (Å²) in [5.41, 5.74) is -22.6. The molecule has 0 radical (unpaired) electrons. The minimum absolute atomic E-state index is 0.134. The summed E-state index contributed by atoms with van der Waals surface area (Å²) in [6.45, 7) is 1.86. The molecule has 0 heterocycles. The van der Waals surface area contributed by atoms with Gasteiger partial charge in [-0.2, -0.15) is 70.2 Å². The summed E-state index contributed by atoms with van der Waals surface area (Å²) in [5, 5.41) is -1.67. The number of halogens is 20. The van der Waals surface area contributed by atoms with Crippen molar-refractivity contribution in [3.8, 4) is 11.1 Å². The zero-order valence-electron chi connectivity index (χ0n) is 20.6. The fraction of sp³-hybridized carbons (Fsp3) is 0.478. The average Bonchev–Trinajstić information content (AvgIpc) is 2.79. The third-order valence-corrected chi connectivity index (χ3v) is 7.09. The van der Waals surface area contributed by atoms with Crippen LogP contribution in [0.4, 0.5) is 79.0 Å². The third kappa shape index (κ3) is 5.54. The molecule has 0 N–H and O–H groups in total. The predicted molar refractivity (Wildman–Crippen MR) is 118 cm³/mol. The van der Waals surface area contributed by atoms with Crippen LogP contribution in [0.15, 0.2) is 28.7 Å². The topological polar surface area (TPSA) is 0 Å². The van der Waals surface area contributed by atoms with Gasteiger partial charge < -0.3 is 0 Å². The number of hydrogen-bond acceptors (Lipinski definition) is 0. The van der Waals surface area contributed by atoms with Crippen LogP contribution in [0.5, 0.6) is 0 Å². The van der Waals surface area contributed by atoms with Gasteiger partial charge in [-0.05, 0) is 36.6 Å². The van der Waals surface area contributed by atoms with Gasteiger partial charge in [-0.25, -0.2) is 8.78 Å². The van der Waals surface area contributed by atoms with Crippen molar-refractivity contribution >= 4 is 27.5 Å². The van der Waals surface area contributed by atoms with E-state index >= 15 is 8.78 Å². The third-order valence-electron chi connectivity index (χ3n) is 6.16. The average molecular weight is 746 g/mol. The first-order chi connectivity index (χ1) is 18.9. The van der Waals surface area contributed by atoms with Crippen molar-refractivity contribution in [1.29, 1.82) is 0 Å². The second kappa shape index (κ2) is 10.8. The van der Waals surface area contributed by atoms with Crippen LogP contribution in [0.3, 0.4) is 0 Å². The highest BCUT2D eigenvalue weighted by Gasteiger charge is 2.83. The molecule has 0 nitrogen and oxygen atoms in total. The Morgan fingerprint density at radius 1 is 0.581 bits per heavy atom. The van der Waals surface area contributed by atoms with E-state index in [9.17, 15) is 70.2 Å². The van der Waals surface area contributed by atoms with E-state index in [0.29, 0.717) is 0 Å². The second-order valence-electron chi connectivity index (χ2n) is 8.97. The van der Waals surface area contributed by atoms with Crippen LogP contribution in [0, 0.1) is 6.92 Å². The molecule has 0 aliphatic heterocycles. The van der Waals surface area contributed by atoms with Crippen LogP contribution in [-0.2, 0) is 17.8 Å². The van der Waals surface area contributed by atoms with Gasteiger partial charge in [0, 0.05) is 26.2 Å². The molecule has 244 valence electrons. The number of benzene rings is 2. The van der Waals surface area contributed by atoms with Gasteiger partial charge in [0.25, 0.3) is 0 Å². The lowest BCUT2D eigenvalue weighted by Gasteiger charge is -2.38.